The summed E-state index contributed by atoms with van der Waals surface area (Å²) in [5.74, 6) is -1.92. The van der Waals surface area contributed by atoms with E-state index in [4.69, 9.17) is 22.1 Å². The summed E-state index contributed by atoms with van der Waals surface area (Å²) < 4.78 is 5.30. The van der Waals surface area contributed by atoms with Crippen molar-refractivity contribution in [1.82, 2.24) is 10.2 Å². The molecule has 2 rings (SSSR count). The largest absolute Gasteiger partial charge is 0.444 e. The van der Waals surface area contributed by atoms with Gasteiger partial charge >= 0.3 is 6.09 Å². The van der Waals surface area contributed by atoms with Gasteiger partial charge in [-0.2, -0.15) is 0 Å². The summed E-state index contributed by atoms with van der Waals surface area (Å²) in [6.45, 7) is 12.7. The second-order valence-corrected chi connectivity index (χ2v) is 11.0. The average molecular weight is 559 g/mol. The molecule has 0 fully saturated rings. The standard InChI is InChI=1S/C29H39ClN4O5/c1-8-14-34(27(37)22(16-23(31)35)32-28(38)39-29(5,6)7)25(20-13-12-17(2)15-19(20)4)26(36)33-24-18(3)10-9-11-21(24)30/h9-13,15,22,25H,8,14,16H2,1-7H3,(H2,31,35)(H,32,38)(H,33,36). The number of carbonyl (C=O) groups excluding carboxylic acids is 4. The average Bonchev–Trinajstić information content (AvgIpc) is 2.80. The van der Waals surface area contributed by atoms with Crippen LogP contribution in [0.2, 0.25) is 5.02 Å². The molecule has 0 aliphatic rings. The van der Waals surface area contributed by atoms with Gasteiger partial charge in [-0.05, 0) is 70.7 Å². The number of ether oxygens (including phenoxy) is 1. The van der Waals surface area contributed by atoms with E-state index >= 15 is 0 Å². The Hall–Kier alpha value is -3.59. The first-order chi connectivity index (χ1) is 18.1. The first kappa shape index (κ1) is 31.6. The van der Waals surface area contributed by atoms with Crippen LogP contribution in [0, 0.1) is 20.8 Å². The Morgan fingerprint density at radius 2 is 1.72 bits per heavy atom. The number of nitrogens with two attached hydrogens (primary N) is 1. The molecule has 0 saturated carbocycles. The van der Waals surface area contributed by atoms with Crippen molar-refractivity contribution in [3.63, 3.8) is 0 Å². The van der Waals surface area contributed by atoms with Crippen LogP contribution in [0.5, 0.6) is 0 Å². The van der Waals surface area contributed by atoms with Crippen LogP contribution in [-0.2, 0) is 19.1 Å². The number of aryl methyl sites for hydroxylation is 3. The van der Waals surface area contributed by atoms with Gasteiger partial charge in [0, 0.05) is 6.54 Å². The highest BCUT2D eigenvalue weighted by molar-refractivity contribution is 6.34. The molecule has 2 atom stereocenters. The molecule has 4 amide bonds. The lowest BCUT2D eigenvalue weighted by Crippen LogP contribution is -2.53. The van der Waals surface area contributed by atoms with Gasteiger partial charge in [0.05, 0.1) is 17.1 Å². The van der Waals surface area contributed by atoms with Crippen molar-refractivity contribution in [3.8, 4) is 0 Å². The number of alkyl carbamates (subject to hydrolysis) is 1. The van der Waals surface area contributed by atoms with Crippen molar-refractivity contribution in [2.75, 3.05) is 11.9 Å². The van der Waals surface area contributed by atoms with Gasteiger partial charge < -0.3 is 26.0 Å². The second-order valence-electron chi connectivity index (χ2n) is 10.6. The number of primary amides is 1. The molecule has 0 radical (unpaired) electrons. The van der Waals surface area contributed by atoms with Gasteiger partial charge in [0.2, 0.25) is 11.8 Å². The van der Waals surface area contributed by atoms with Crippen LogP contribution >= 0.6 is 11.6 Å². The van der Waals surface area contributed by atoms with Gasteiger partial charge in [0.25, 0.3) is 5.91 Å². The summed E-state index contributed by atoms with van der Waals surface area (Å²) in [5.41, 5.74) is 8.17. The summed E-state index contributed by atoms with van der Waals surface area (Å²) in [6, 6.07) is 8.40. The highest BCUT2D eigenvalue weighted by atomic mass is 35.5. The van der Waals surface area contributed by atoms with Crippen LogP contribution in [-0.4, -0.2) is 46.9 Å². The van der Waals surface area contributed by atoms with Gasteiger partial charge in [0.15, 0.2) is 0 Å². The molecule has 212 valence electrons. The lowest BCUT2D eigenvalue weighted by Gasteiger charge is -2.35. The number of para-hydroxylation sites is 1. The highest BCUT2D eigenvalue weighted by Gasteiger charge is 2.37. The summed E-state index contributed by atoms with van der Waals surface area (Å²) in [7, 11) is 0. The quantitative estimate of drug-likeness (QED) is 0.379. The Morgan fingerprint density at radius 1 is 1.05 bits per heavy atom. The molecule has 9 nitrogen and oxygen atoms in total. The van der Waals surface area contributed by atoms with Crippen LogP contribution in [0.25, 0.3) is 0 Å². The minimum Gasteiger partial charge on any atom is -0.444 e. The lowest BCUT2D eigenvalue weighted by molar-refractivity contribution is -0.141. The molecule has 2 aromatic carbocycles. The molecule has 2 unspecified atom stereocenters. The van der Waals surface area contributed by atoms with Gasteiger partial charge in [-0.3, -0.25) is 14.4 Å². The number of nitrogens with zero attached hydrogens (tertiary/aromatic N) is 1. The van der Waals surface area contributed by atoms with E-state index in [1.165, 1.54) is 4.90 Å². The third kappa shape index (κ3) is 8.99. The topological polar surface area (TPSA) is 131 Å². The van der Waals surface area contributed by atoms with Crippen molar-refractivity contribution in [3.05, 3.63) is 63.7 Å². The fourth-order valence-electron chi connectivity index (χ4n) is 4.22. The zero-order valence-corrected chi connectivity index (χ0v) is 24.4. The second kappa shape index (κ2) is 13.5. The van der Waals surface area contributed by atoms with E-state index in [1.807, 2.05) is 45.9 Å². The summed E-state index contributed by atoms with van der Waals surface area (Å²) >= 11 is 6.39. The molecule has 0 saturated heterocycles. The van der Waals surface area contributed by atoms with Gasteiger partial charge in [-0.15, -0.1) is 0 Å². The van der Waals surface area contributed by atoms with Gasteiger partial charge in [-0.25, -0.2) is 4.79 Å². The van der Waals surface area contributed by atoms with Crippen LogP contribution in [0.3, 0.4) is 0 Å². The fourth-order valence-corrected chi connectivity index (χ4v) is 4.49. The van der Waals surface area contributed by atoms with Gasteiger partial charge in [-0.1, -0.05) is 54.4 Å². The molecule has 0 spiro atoms. The fraction of sp³-hybridized carbons (Fsp3) is 0.448. The smallest absolute Gasteiger partial charge is 0.408 e. The number of amides is 4. The predicted octanol–water partition coefficient (Wildman–Crippen LogP) is 4.95. The van der Waals surface area contributed by atoms with E-state index in [2.05, 4.69) is 10.6 Å². The normalized spacial score (nSPS) is 12.7. The number of hydrogen-bond acceptors (Lipinski definition) is 5. The molecule has 10 heteroatoms. The summed E-state index contributed by atoms with van der Waals surface area (Å²) in [5, 5.41) is 5.73. The minimum absolute atomic E-state index is 0.164. The zero-order chi connectivity index (χ0) is 29.5. The maximum Gasteiger partial charge on any atom is 0.408 e. The van der Waals surface area contributed by atoms with E-state index in [0.29, 0.717) is 22.7 Å². The predicted molar refractivity (Wildman–Crippen MR) is 152 cm³/mol. The van der Waals surface area contributed by atoms with Crippen LogP contribution in [0.4, 0.5) is 10.5 Å². The van der Waals surface area contributed by atoms with Crippen LogP contribution in [0.15, 0.2) is 36.4 Å². The molecular formula is C29H39ClN4O5. The maximum atomic E-state index is 14.0. The van der Waals surface area contributed by atoms with Gasteiger partial charge in [0.1, 0.15) is 17.7 Å². The van der Waals surface area contributed by atoms with Crippen LogP contribution in [0.1, 0.15) is 68.8 Å². The van der Waals surface area contributed by atoms with Crippen molar-refractivity contribution >= 4 is 41.1 Å². The molecular weight excluding hydrogens is 520 g/mol. The number of benzene rings is 2. The molecule has 0 aliphatic carbocycles. The molecule has 0 heterocycles. The highest BCUT2D eigenvalue weighted by Crippen LogP contribution is 2.31. The number of halogens is 1. The van der Waals surface area contributed by atoms with E-state index < -0.39 is 47.9 Å². The first-order valence-corrected chi connectivity index (χ1v) is 13.2. The monoisotopic (exact) mass is 558 g/mol. The Bertz CT molecular complexity index is 1200. The zero-order valence-electron chi connectivity index (χ0n) is 23.7. The third-order valence-corrected chi connectivity index (χ3v) is 6.21. The number of anilines is 1. The van der Waals surface area contributed by atoms with E-state index in [-0.39, 0.29) is 6.54 Å². The molecule has 0 aromatic heterocycles. The Kier molecular flexibility index (Phi) is 10.9. The number of nitrogens with one attached hydrogen (secondary N) is 2. The third-order valence-electron chi connectivity index (χ3n) is 5.89. The molecule has 0 bridgehead atoms. The maximum absolute atomic E-state index is 14.0. The van der Waals surface area contributed by atoms with E-state index in [1.54, 1.807) is 39.0 Å². The Balaban J connectivity index is 2.60. The lowest BCUT2D eigenvalue weighted by atomic mass is 9.96. The number of hydrogen-bond donors (Lipinski definition) is 3. The number of rotatable bonds is 10. The van der Waals surface area contributed by atoms with Crippen molar-refractivity contribution in [2.45, 2.75) is 79.0 Å². The van der Waals surface area contributed by atoms with Crippen molar-refractivity contribution in [2.24, 2.45) is 5.73 Å². The molecule has 2 aromatic rings. The Morgan fingerprint density at radius 3 is 2.26 bits per heavy atom. The molecule has 4 N–H and O–H groups in total. The SMILES string of the molecule is CCCN(C(=O)C(CC(N)=O)NC(=O)OC(C)(C)C)C(C(=O)Nc1c(C)cccc1Cl)c1ccc(C)cc1C. The van der Waals surface area contributed by atoms with E-state index in [0.717, 1.165) is 16.7 Å². The summed E-state index contributed by atoms with van der Waals surface area (Å²) in [4.78, 5) is 53.8. The molecule has 0 aliphatic heterocycles. The van der Waals surface area contributed by atoms with Crippen molar-refractivity contribution < 1.29 is 23.9 Å². The van der Waals surface area contributed by atoms with E-state index in [9.17, 15) is 19.2 Å². The Labute approximate surface area is 235 Å². The minimum atomic E-state index is -1.34. The van der Waals surface area contributed by atoms with Crippen molar-refractivity contribution in [1.29, 1.82) is 0 Å². The molecule has 39 heavy (non-hydrogen) atoms. The number of carbonyl (C=O) groups is 4. The van der Waals surface area contributed by atoms with Crippen LogP contribution < -0.4 is 16.4 Å². The summed E-state index contributed by atoms with van der Waals surface area (Å²) in [6.07, 6.45) is -0.845. The first-order valence-electron chi connectivity index (χ1n) is 12.9.